The summed E-state index contributed by atoms with van der Waals surface area (Å²) in [5, 5.41) is 11.2. The van der Waals surface area contributed by atoms with E-state index in [4.69, 9.17) is 5.84 Å². The van der Waals surface area contributed by atoms with E-state index in [1.807, 2.05) is 29.2 Å². The smallest absolute Gasteiger partial charge is 0.342 e. The lowest BCUT2D eigenvalue weighted by Crippen LogP contribution is -2.20. The van der Waals surface area contributed by atoms with Crippen LogP contribution >= 0.6 is 0 Å². The molecule has 1 aromatic carbocycles. The van der Waals surface area contributed by atoms with Crippen LogP contribution in [-0.4, -0.2) is 14.9 Å². The van der Waals surface area contributed by atoms with Crippen LogP contribution in [0.5, 0.6) is 0 Å². The zero-order valence-corrected chi connectivity index (χ0v) is 10.5. The van der Waals surface area contributed by atoms with Crippen LogP contribution in [0.15, 0.2) is 30.6 Å². The Morgan fingerprint density at radius 1 is 1.25 bits per heavy atom. The molecule has 8 nitrogen and oxygen atoms in total. The molecule has 1 aliphatic heterocycles. The van der Waals surface area contributed by atoms with Gasteiger partial charge in [0, 0.05) is 13.1 Å². The summed E-state index contributed by atoms with van der Waals surface area (Å²) in [5.41, 5.74) is 4.32. The van der Waals surface area contributed by atoms with Gasteiger partial charge in [0.05, 0.1) is 4.92 Å². The van der Waals surface area contributed by atoms with Crippen LogP contribution in [0.3, 0.4) is 0 Å². The van der Waals surface area contributed by atoms with Gasteiger partial charge in [0.1, 0.15) is 6.33 Å². The van der Waals surface area contributed by atoms with Gasteiger partial charge in [-0.25, -0.2) is 15.8 Å². The first-order valence-corrected chi connectivity index (χ1v) is 5.98. The maximum Gasteiger partial charge on any atom is 0.354 e. The van der Waals surface area contributed by atoms with Crippen LogP contribution < -0.4 is 16.2 Å². The number of nitrogen functional groups attached to an aromatic ring is 1. The van der Waals surface area contributed by atoms with Crippen molar-refractivity contribution in [2.45, 2.75) is 13.1 Å². The molecular weight excluding hydrogens is 260 g/mol. The molecule has 8 heteroatoms. The van der Waals surface area contributed by atoms with Crippen molar-refractivity contribution < 1.29 is 4.92 Å². The molecule has 102 valence electrons. The van der Waals surface area contributed by atoms with Gasteiger partial charge in [0.15, 0.2) is 0 Å². The third-order valence-electron chi connectivity index (χ3n) is 3.26. The molecule has 0 aliphatic carbocycles. The number of rotatable bonds is 3. The summed E-state index contributed by atoms with van der Waals surface area (Å²) in [4.78, 5) is 20.4. The Bertz CT molecular complexity index is 650. The Hall–Kier alpha value is -2.74. The van der Waals surface area contributed by atoms with E-state index in [0.29, 0.717) is 13.1 Å². The number of hydrogen-bond donors (Lipinski definition) is 2. The van der Waals surface area contributed by atoms with Crippen LogP contribution in [0.2, 0.25) is 0 Å². The summed E-state index contributed by atoms with van der Waals surface area (Å²) in [5.74, 6) is 5.56. The minimum Gasteiger partial charge on any atom is -0.342 e. The van der Waals surface area contributed by atoms with Crippen molar-refractivity contribution in [1.29, 1.82) is 0 Å². The molecule has 3 N–H and O–H groups in total. The van der Waals surface area contributed by atoms with Crippen molar-refractivity contribution >= 4 is 17.3 Å². The molecule has 0 spiro atoms. The monoisotopic (exact) mass is 272 g/mol. The largest absolute Gasteiger partial charge is 0.354 e. The summed E-state index contributed by atoms with van der Waals surface area (Å²) in [6.45, 7) is 1.16. The molecule has 3 rings (SSSR count). The lowest BCUT2D eigenvalue weighted by atomic mass is 10.1. The Labute approximate surface area is 114 Å². The third-order valence-corrected chi connectivity index (χ3v) is 3.26. The zero-order valence-electron chi connectivity index (χ0n) is 10.5. The summed E-state index contributed by atoms with van der Waals surface area (Å²) in [7, 11) is 0. The molecule has 2 aromatic rings. The van der Waals surface area contributed by atoms with E-state index in [1.165, 1.54) is 6.33 Å². The molecule has 0 radical (unpaired) electrons. The first-order valence-electron chi connectivity index (χ1n) is 5.98. The quantitative estimate of drug-likeness (QED) is 0.490. The zero-order chi connectivity index (χ0) is 14.1. The Balaban J connectivity index is 2.03. The predicted molar refractivity (Wildman–Crippen MR) is 72.8 cm³/mol. The fourth-order valence-electron chi connectivity index (χ4n) is 2.36. The molecule has 1 aliphatic rings. The van der Waals surface area contributed by atoms with Crippen molar-refractivity contribution in [2.24, 2.45) is 5.84 Å². The van der Waals surface area contributed by atoms with Crippen molar-refractivity contribution in [3.8, 4) is 0 Å². The summed E-state index contributed by atoms with van der Waals surface area (Å²) >= 11 is 0. The lowest BCUT2D eigenvalue weighted by Gasteiger charge is -2.16. The van der Waals surface area contributed by atoms with Gasteiger partial charge < -0.3 is 10.3 Å². The van der Waals surface area contributed by atoms with Gasteiger partial charge in [0.2, 0.25) is 11.6 Å². The number of fused-ring (bicyclic) bond motifs is 1. The molecule has 0 saturated carbocycles. The number of nitrogens with zero attached hydrogens (tertiary/aromatic N) is 4. The highest BCUT2D eigenvalue weighted by atomic mass is 16.6. The number of anilines is 2. The Morgan fingerprint density at radius 2 is 1.90 bits per heavy atom. The van der Waals surface area contributed by atoms with Crippen LogP contribution in [0.1, 0.15) is 11.1 Å². The molecule has 0 unspecified atom stereocenters. The molecule has 0 fully saturated rings. The molecule has 1 aromatic heterocycles. The van der Waals surface area contributed by atoms with E-state index in [0.717, 1.165) is 11.1 Å². The van der Waals surface area contributed by atoms with Gasteiger partial charge in [-0.2, -0.15) is 0 Å². The molecule has 2 heterocycles. The van der Waals surface area contributed by atoms with Crippen LogP contribution in [0, 0.1) is 10.1 Å². The highest BCUT2D eigenvalue weighted by Crippen LogP contribution is 2.35. The molecule has 0 atom stereocenters. The van der Waals surface area contributed by atoms with Gasteiger partial charge in [-0.3, -0.25) is 10.1 Å². The van der Waals surface area contributed by atoms with Crippen LogP contribution in [0.25, 0.3) is 0 Å². The van der Waals surface area contributed by atoms with Crippen molar-refractivity contribution in [1.82, 2.24) is 9.97 Å². The number of nitrogens with two attached hydrogens (primary N) is 1. The average molecular weight is 272 g/mol. The Kier molecular flexibility index (Phi) is 2.92. The fraction of sp³-hybridized carbons (Fsp3) is 0.167. The van der Waals surface area contributed by atoms with Crippen molar-refractivity contribution in [2.75, 3.05) is 10.3 Å². The fourth-order valence-corrected chi connectivity index (χ4v) is 2.36. The highest BCUT2D eigenvalue weighted by Gasteiger charge is 2.30. The number of hydrazine groups is 1. The van der Waals surface area contributed by atoms with E-state index in [-0.39, 0.29) is 17.3 Å². The van der Waals surface area contributed by atoms with Crippen LogP contribution in [-0.2, 0) is 13.1 Å². The van der Waals surface area contributed by atoms with Gasteiger partial charge in [0.25, 0.3) is 0 Å². The molecule has 0 bridgehead atoms. The summed E-state index contributed by atoms with van der Waals surface area (Å²) in [6.07, 6.45) is 1.26. The van der Waals surface area contributed by atoms with Gasteiger partial charge >= 0.3 is 5.69 Å². The van der Waals surface area contributed by atoms with E-state index < -0.39 is 4.92 Å². The first kappa shape index (κ1) is 12.3. The summed E-state index contributed by atoms with van der Waals surface area (Å²) in [6, 6.07) is 7.90. The maximum absolute atomic E-state index is 11.2. The number of hydrogen-bond acceptors (Lipinski definition) is 7. The molecule has 0 saturated heterocycles. The number of nitro groups is 1. The number of benzene rings is 1. The maximum atomic E-state index is 11.2. The van der Waals surface area contributed by atoms with Crippen LogP contribution in [0.4, 0.5) is 17.3 Å². The average Bonchev–Trinajstić information content (AvgIpc) is 2.90. The van der Waals surface area contributed by atoms with Gasteiger partial charge in [-0.15, -0.1) is 0 Å². The third kappa shape index (κ3) is 1.91. The van der Waals surface area contributed by atoms with Crippen molar-refractivity contribution in [3.63, 3.8) is 0 Å². The molecule has 0 amide bonds. The second-order valence-electron chi connectivity index (χ2n) is 4.42. The van der Waals surface area contributed by atoms with E-state index >= 15 is 0 Å². The number of nitrogens with one attached hydrogen (secondary N) is 1. The summed E-state index contributed by atoms with van der Waals surface area (Å²) < 4.78 is 0. The Morgan fingerprint density at radius 3 is 2.45 bits per heavy atom. The van der Waals surface area contributed by atoms with Crippen molar-refractivity contribution in [3.05, 3.63) is 51.8 Å². The minimum atomic E-state index is -0.520. The SMILES string of the molecule is NNc1ncnc(N2Cc3ccccc3C2)c1[N+](=O)[O-]. The molecular formula is C12H12N6O2. The topological polar surface area (TPSA) is 110 Å². The first-order chi connectivity index (χ1) is 9.70. The standard InChI is InChI=1S/C12H12N6O2/c13-16-11-10(18(19)20)12(15-7-14-11)17-5-8-3-1-2-4-9(8)6-17/h1-4,7H,5-6,13H2,(H,14,15,16). The van der Waals surface area contributed by atoms with Gasteiger partial charge in [-0.05, 0) is 11.1 Å². The number of aromatic nitrogens is 2. The predicted octanol–water partition coefficient (Wildman–Crippen LogP) is 1.19. The normalized spacial score (nSPS) is 13.2. The minimum absolute atomic E-state index is 0.0101. The molecule has 20 heavy (non-hydrogen) atoms. The lowest BCUT2D eigenvalue weighted by molar-refractivity contribution is -0.383. The van der Waals surface area contributed by atoms with E-state index in [2.05, 4.69) is 15.4 Å². The second-order valence-corrected chi connectivity index (χ2v) is 4.42. The van der Waals surface area contributed by atoms with E-state index in [9.17, 15) is 10.1 Å². The van der Waals surface area contributed by atoms with E-state index in [1.54, 1.807) is 0 Å². The van der Waals surface area contributed by atoms with Gasteiger partial charge in [-0.1, -0.05) is 24.3 Å². The highest BCUT2D eigenvalue weighted by molar-refractivity contribution is 5.70. The second kappa shape index (κ2) is 4.74.